The summed E-state index contributed by atoms with van der Waals surface area (Å²) < 4.78 is 29.1. The van der Waals surface area contributed by atoms with Crippen molar-refractivity contribution >= 4 is 11.8 Å². The fourth-order valence-corrected chi connectivity index (χ4v) is 9.89. The summed E-state index contributed by atoms with van der Waals surface area (Å²) in [5, 5.41) is 24.0. The molecule has 0 amide bonds. The molecular weight excluding hydrogens is 456 g/mol. The van der Waals surface area contributed by atoms with Crippen molar-refractivity contribution in [2.24, 2.45) is 34.5 Å². The molecule has 0 radical (unpaired) electrons. The molecule has 2 aliphatic heterocycles. The molecule has 6 aliphatic rings. The molecule has 2 heterocycles. The molecule has 0 bridgehead atoms. The van der Waals surface area contributed by atoms with Crippen LogP contribution in [0.15, 0.2) is 0 Å². The van der Waals surface area contributed by atoms with E-state index in [1.54, 1.807) is 0 Å². The lowest BCUT2D eigenvalue weighted by molar-refractivity contribution is -0.283. The maximum Gasteiger partial charge on any atom is 0.305 e. The van der Waals surface area contributed by atoms with E-state index in [0.29, 0.717) is 32.3 Å². The lowest BCUT2D eigenvalue weighted by Gasteiger charge is -2.67. The van der Waals surface area contributed by atoms with Crippen LogP contribution >= 0.6 is 0 Å². The quantitative estimate of drug-likeness (QED) is 0.555. The van der Waals surface area contributed by atoms with Crippen LogP contribution in [0, 0.1) is 34.5 Å². The van der Waals surface area contributed by atoms with Gasteiger partial charge in [-0.15, -0.1) is 0 Å². The highest BCUT2D eigenvalue weighted by molar-refractivity contribution is 5.81. The molecule has 4 aliphatic carbocycles. The van der Waals surface area contributed by atoms with Crippen LogP contribution in [0.2, 0.25) is 0 Å². The number of ether oxygens (including phenoxy) is 5. The number of methoxy groups -OCH3 is 1. The number of aliphatic hydroxyl groups is 2. The fourth-order valence-electron chi connectivity index (χ4n) is 9.89. The van der Waals surface area contributed by atoms with Crippen LogP contribution in [0.4, 0.5) is 0 Å². The molecule has 9 nitrogen and oxygen atoms in total. The van der Waals surface area contributed by atoms with Crippen molar-refractivity contribution in [1.29, 1.82) is 0 Å². The first-order valence-corrected chi connectivity index (χ1v) is 13.0. The van der Waals surface area contributed by atoms with Crippen LogP contribution < -0.4 is 0 Å². The van der Waals surface area contributed by atoms with Gasteiger partial charge in [0.1, 0.15) is 18.0 Å². The summed E-state index contributed by atoms with van der Waals surface area (Å²) in [7, 11) is 1.35. The van der Waals surface area contributed by atoms with Gasteiger partial charge in [0.25, 0.3) is 0 Å². The van der Waals surface area contributed by atoms with Crippen molar-refractivity contribution in [3.8, 4) is 0 Å². The number of carbonyl (C=O) groups is 2. The minimum atomic E-state index is -1.35. The van der Waals surface area contributed by atoms with Gasteiger partial charge in [-0.25, -0.2) is 0 Å². The van der Waals surface area contributed by atoms with Gasteiger partial charge in [-0.05, 0) is 55.8 Å². The zero-order chi connectivity index (χ0) is 24.9. The number of rotatable bonds is 2. The minimum absolute atomic E-state index is 0.0186. The van der Waals surface area contributed by atoms with Crippen LogP contribution in [0.5, 0.6) is 0 Å². The Labute approximate surface area is 205 Å². The standard InChI is InChI=1S/C26H38O9/c1-22-6-4-16(27)10-24(22,30)15(9-20(29)31-3)8-17-18-5-7-25(23(18,2)11-19(28)21(17)22)26(35-14-33-25)12-32-13-34-26/h15,17-19,21,28,30H,4-14H2,1-3H3/t15-,17-,18-,19-,21+,22+,23-,24-,25+,26?/m0/s1. The number of hydrogen-bond donors (Lipinski definition) is 2. The predicted octanol–water partition coefficient (Wildman–Crippen LogP) is 1.92. The van der Waals surface area contributed by atoms with Crippen LogP contribution in [-0.2, 0) is 33.3 Å². The van der Waals surface area contributed by atoms with Crippen molar-refractivity contribution in [1.82, 2.24) is 0 Å². The summed E-state index contributed by atoms with van der Waals surface area (Å²) >= 11 is 0. The number of aliphatic hydroxyl groups excluding tert-OH is 1. The summed E-state index contributed by atoms with van der Waals surface area (Å²) in [5.41, 5.74) is -3.21. The molecule has 2 N–H and O–H groups in total. The topological polar surface area (TPSA) is 121 Å². The fraction of sp³-hybridized carbons (Fsp3) is 0.923. The summed E-state index contributed by atoms with van der Waals surface area (Å²) in [6, 6.07) is 0. The van der Waals surface area contributed by atoms with Gasteiger partial charge >= 0.3 is 5.97 Å². The Morgan fingerprint density at radius 2 is 1.91 bits per heavy atom. The SMILES string of the molecule is COC(=O)C[C@@H]1C[C@@H]2[C@H]([C@@H](O)C[C@@]3(C)[C@H]2CC[C@@]32OCOC23COCO3)[C@@]2(C)CCC(=O)C[C@]12O. The third-order valence-electron chi connectivity index (χ3n) is 11.4. The van der Waals surface area contributed by atoms with Crippen molar-refractivity contribution < 1.29 is 43.5 Å². The number of hydrogen-bond acceptors (Lipinski definition) is 9. The summed E-state index contributed by atoms with van der Waals surface area (Å²) in [5.74, 6) is -1.71. The van der Waals surface area contributed by atoms with Crippen molar-refractivity contribution in [2.75, 3.05) is 27.3 Å². The maximum atomic E-state index is 12.6. The molecule has 6 fully saturated rings. The Balaban J connectivity index is 1.42. The van der Waals surface area contributed by atoms with E-state index in [1.165, 1.54) is 7.11 Å². The normalized spacial score (nSPS) is 55.1. The molecule has 6 rings (SSSR count). The predicted molar refractivity (Wildman–Crippen MR) is 119 cm³/mol. The molecule has 2 saturated heterocycles. The van der Waals surface area contributed by atoms with Gasteiger partial charge in [-0.2, -0.15) is 0 Å². The summed E-state index contributed by atoms with van der Waals surface area (Å²) in [6.45, 7) is 4.79. The van der Waals surface area contributed by atoms with Crippen molar-refractivity contribution in [2.45, 2.75) is 88.3 Å². The zero-order valence-electron chi connectivity index (χ0n) is 20.9. The largest absolute Gasteiger partial charge is 0.469 e. The van der Waals surface area contributed by atoms with Crippen LogP contribution in [0.1, 0.15) is 65.2 Å². The minimum Gasteiger partial charge on any atom is -0.469 e. The van der Waals surface area contributed by atoms with E-state index >= 15 is 0 Å². The number of ketones is 1. The van der Waals surface area contributed by atoms with Gasteiger partial charge in [0.15, 0.2) is 13.6 Å². The Morgan fingerprint density at radius 3 is 2.63 bits per heavy atom. The van der Waals surface area contributed by atoms with E-state index in [9.17, 15) is 19.8 Å². The van der Waals surface area contributed by atoms with E-state index in [-0.39, 0.29) is 55.9 Å². The van der Waals surface area contributed by atoms with E-state index < -0.39 is 39.8 Å². The second kappa shape index (κ2) is 7.71. The monoisotopic (exact) mass is 494 g/mol. The summed E-state index contributed by atoms with van der Waals surface area (Å²) in [6.07, 6.45) is 2.94. The van der Waals surface area contributed by atoms with Gasteiger partial charge in [0.05, 0.1) is 25.2 Å². The average Bonchev–Trinajstić information content (AvgIpc) is 3.50. The van der Waals surface area contributed by atoms with E-state index in [1.807, 2.05) is 6.92 Å². The van der Waals surface area contributed by atoms with Crippen LogP contribution in [0.25, 0.3) is 0 Å². The number of fused-ring (bicyclic) bond motifs is 7. The molecule has 2 spiro atoms. The molecule has 196 valence electrons. The highest BCUT2D eigenvalue weighted by atomic mass is 16.9. The van der Waals surface area contributed by atoms with Gasteiger partial charge in [-0.3, -0.25) is 9.59 Å². The molecule has 4 saturated carbocycles. The van der Waals surface area contributed by atoms with E-state index in [0.717, 1.165) is 12.8 Å². The second-order valence-corrected chi connectivity index (χ2v) is 12.4. The molecular formula is C26H38O9. The van der Waals surface area contributed by atoms with Crippen LogP contribution in [-0.4, -0.2) is 72.4 Å². The first-order valence-electron chi connectivity index (χ1n) is 13.0. The average molecular weight is 495 g/mol. The molecule has 9 heteroatoms. The third-order valence-corrected chi connectivity index (χ3v) is 11.4. The third kappa shape index (κ3) is 2.85. The Kier molecular flexibility index (Phi) is 5.34. The van der Waals surface area contributed by atoms with Crippen molar-refractivity contribution in [3.63, 3.8) is 0 Å². The second-order valence-electron chi connectivity index (χ2n) is 12.4. The zero-order valence-corrected chi connectivity index (χ0v) is 20.9. The van der Waals surface area contributed by atoms with E-state index in [4.69, 9.17) is 23.7 Å². The van der Waals surface area contributed by atoms with Gasteiger partial charge in [-0.1, -0.05) is 13.8 Å². The first kappa shape index (κ1) is 24.2. The van der Waals surface area contributed by atoms with Crippen molar-refractivity contribution in [3.05, 3.63) is 0 Å². The van der Waals surface area contributed by atoms with Gasteiger partial charge in [0.2, 0.25) is 5.79 Å². The molecule has 10 atom stereocenters. The lowest BCUT2D eigenvalue weighted by atomic mass is 9.39. The molecule has 0 aromatic heterocycles. The highest BCUT2D eigenvalue weighted by Gasteiger charge is 2.78. The Morgan fingerprint density at radius 1 is 1.14 bits per heavy atom. The number of esters is 1. The Hall–Kier alpha value is -1.10. The first-order chi connectivity index (χ1) is 16.6. The van der Waals surface area contributed by atoms with Gasteiger partial charge < -0.3 is 33.9 Å². The highest BCUT2D eigenvalue weighted by Crippen LogP contribution is 2.73. The Bertz CT molecular complexity index is 911. The van der Waals surface area contributed by atoms with Gasteiger partial charge in [0, 0.05) is 23.7 Å². The number of carbonyl (C=O) groups excluding carboxylic acids is 2. The molecule has 0 aromatic rings. The summed E-state index contributed by atoms with van der Waals surface area (Å²) in [4.78, 5) is 25.0. The van der Waals surface area contributed by atoms with E-state index in [2.05, 4.69) is 6.92 Å². The van der Waals surface area contributed by atoms with Crippen LogP contribution in [0.3, 0.4) is 0 Å². The molecule has 1 unspecified atom stereocenters. The lowest BCUT2D eigenvalue weighted by Crippen LogP contribution is -2.71. The molecule has 0 aromatic carbocycles. The maximum absolute atomic E-state index is 12.6. The number of Topliss-reactive ketones (excluding diaryl/α,β-unsaturated/α-hetero) is 1. The smallest absolute Gasteiger partial charge is 0.305 e. The molecule has 35 heavy (non-hydrogen) atoms.